The predicted octanol–water partition coefficient (Wildman–Crippen LogP) is 1.76. The quantitative estimate of drug-likeness (QED) is 0.857. The Bertz CT molecular complexity index is 589. The zero-order chi connectivity index (χ0) is 11.8. The fourth-order valence-electron chi connectivity index (χ4n) is 1.77. The molecule has 2 aromatic rings. The molecule has 1 aliphatic heterocycles. The Hall–Kier alpha value is -2.37. The van der Waals surface area contributed by atoms with Crippen LogP contribution in [0.25, 0.3) is 11.0 Å². The smallest absolute Gasteiger partial charge is 0.404 e. The van der Waals surface area contributed by atoms with Gasteiger partial charge in [-0.2, -0.15) is 0 Å². The topological polar surface area (TPSA) is 83.9 Å². The first-order chi connectivity index (χ1) is 8.25. The Balaban J connectivity index is 2.02. The van der Waals surface area contributed by atoms with E-state index in [1.165, 1.54) is 6.26 Å². The second-order valence-electron chi connectivity index (χ2n) is 3.54. The summed E-state index contributed by atoms with van der Waals surface area (Å²) in [6, 6.07) is 3.61. The van der Waals surface area contributed by atoms with Gasteiger partial charge < -0.3 is 24.4 Å². The van der Waals surface area contributed by atoms with E-state index in [0.717, 1.165) is 10.9 Å². The van der Waals surface area contributed by atoms with Crippen LogP contribution in [0.15, 0.2) is 22.8 Å². The Morgan fingerprint density at radius 3 is 3.12 bits per heavy atom. The monoisotopic (exact) mass is 235 g/mol. The van der Waals surface area contributed by atoms with Crippen molar-refractivity contribution in [3.63, 3.8) is 0 Å². The minimum Gasteiger partial charge on any atom is -0.460 e. The van der Waals surface area contributed by atoms with Crippen LogP contribution >= 0.6 is 0 Å². The number of benzene rings is 1. The van der Waals surface area contributed by atoms with Gasteiger partial charge in [0.05, 0.1) is 6.26 Å². The molecule has 1 aliphatic rings. The van der Waals surface area contributed by atoms with E-state index in [4.69, 9.17) is 24.4 Å². The summed E-state index contributed by atoms with van der Waals surface area (Å²) in [6.07, 6.45) is 0.690. The van der Waals surface area contributed by atoms with E-state index >= 15 is 0 Å². The summed E-state index contributed by atoms with van der Waals surface area (Å²) in [4.78, 5) is 10.5. The van der Waals surface area contributed by atoms with Crippen LogP contribution in [0.3, 0.4) is 0 Å². The minimum atomic E-state index is -0.819. The lowest BCUT2D eigenvalue weighted by Crippen LogP contribution is -2.12. The van der Waals surface area contributed by atoms with Gasteiger partial charge in [-0.15, -0.1) is 0 Å². The van der Waals surface area contributed by atoms with Crippen LogP contribution in [-0.2, 0) is 11.3 Å². The molecule has 0 aliphatic carbocycles. The van der Waals surface area contributed by atoms with Gasteiger partial charge in [-0.25, -0.2) is 4.79 Å². The van der Waals surface area contributed by atoms with Gasteiger partial charge >= 0.3 is 6.09 Å². The third kappa shape index (κ3) is 1.54. The van der Waals surface area contributed by atoms with Crippen molar-refractivity contribution in [3.8, 4) is 11.5 Å². The van der Waals surface area contributed by atoms with Crippen LogP contribution in [0.4, 0.5) is 4.79 Å². The molecule has 1 amide bonds. The maximum atomic E-state index is 10.5. The number of furan rings is 1. The number of primary amides is 1. The average molecular weight is 235 g/mol. The summed E-state index contributed by atoms with van der Waals surface area (Å²) in [5.74, 6) is 1.22. The summed E-state index contributed by atoms with van der Waals surface area (Å²) in [5.41, 5.74) is 6.23. The zero-order valence-corrected chi connectivity index (χ0v) is 8.76. The Kier molecular flexibility index (Phi) is 2.07. The standard InChI is InChI=1S/C11H9NO5/c12-11(13)15-4-6-3-14-9-7(6)1-2-8-10(9)17-5-16-8/h1-3H,4-5H2,(H2,12,13). The number of nitrogens with two attached hydrogens (primary N) is 1. The van der Waals surface area contributed by atoms with Gasteiger partial charge in [-0.1, -0.05) is 0 Å². The fourth-order valence-corrected chi connectivity index (χ4v) is 1.77. The van der Waals surface area contributed by atoms with Crippen molar-refractivity contribution < 1.29 is 23.4 Å². The molecule has 6 nitrogen and oxygen atoms in total. The number of carbonyl (C=O) groups is 1. The van der Waals surface area contributed by atoms with Crippen LogP contribution < -0.4 is 15.2 Å². The van der Waals surface area contributed by atoms with Crippen molar-refractivity contribution in [2.75, 3.05) is 6.79 Å². The largest absolute Gasteiger partial charge is 0.460 e. The first kappa shape index (κ1) is 9.83. The minimum absolute atomic E-state index is 0.0714. The lowest BCUT2D eigenvalue weighted by molar-refractivity contribution is 0.150. The number of fused-ring (bicyclic) bond motifs is 3. The van der Waals surface area contributed by atoms with E-state index in [-0.39, 0.29) is 13.4 Å². The number of hydrogen-bond donors (Lipinski definition) is 1. The van der Waals surface area contributed by atoms with E-state index in [9.17, 15) is 4.79 Å². The third-order valence-electron chi connectivity index (χ3n) is 2.53. The summed E-state index contributed by atoms with van der Waals surface area (Å²) >= 11 is 0. The van der Waals surface area contributed by atoms with Gasteiger partial charge in [-0.05, 0) is 12.1 Å². The summed E-state index contributed by atoms with van der Waals surface area (Å²) < 4.78 is 20.6. The van der Waals surface area contributed by atoms with Crippen molar-refractivity contribution in [1.29, 1.82) is 0 Å². The first-order valence-corrected chi connectivity index (χ1v) is 4.96. The fraction of sp³-hybridized carbons (Fsp3) is 0.182. The number of hydrogen-bond acceptors (Lipinski definition) is 5. The Labute approximate surface area is 95.8 Å². The van der Waals surface area contributed by atoms with E-state index in [1.807, 2.05) is 6.07 Å². The normalized spacial score (nSPS) is 12.9. The number of carbonyl (C=O) groups excluding carboxylic acids is 1. The highest BCUT2D eigenvalue weighted by Crippen LogP contribution is 2.40. The molecular formula is C11H9NO5. The highest BCUT2D eigenvalue weighted by Gasteiger charge is 2.21. The second-order valence-corrected chi connectivity index (χ2v) is 3.54. The first-order valence-electron chi connectivity index (χ1n) is 4.96. The summed E-state index contributed by atoms with van der Waals surface area (Å²) in [5, 5.41) is 0.815. The molecule has 0 saturated carbocycles. The number of ether oxygens (including phenoxy) is 3. The molecule has 0 fully saturated rings. The molecule has 1 aromatic carbocycles. The lowest BCUT2D eigenvalue weighted by Gasteiger charge is -1.99. The van der Waals surface area contributed by atoms with Gasteiger partial charge in [0.1, 0.15) is 6.61 Å². The van der Waals surface area contributed by atoms with Crippen LogP contribution in [0, 0.1) is 0 Å². The zero-order valence-electron chi connectivity index (χ0n) is 8.76. The molecule has 2 N–H and O–H groups in total. The van der Waals surface area contributed by atoms with Crippen LogP contribution in [0.5, 0.6) is 11.5 Å². The molecule has 1 aromatic heterocycles. The second kappa shape index (κ2) is 3.58. The number of amides is 1. The van der Waals surface area contributed by atoms with E-state index in [2.05, 4.69) is 0 Å². The van der Waals surface area contributed by atoms with Crippen molar-refractivity contribution in [2.24, 2.45) is 5.73 Å². The van der Waals surface area contributed by atoms with Gasteiger partial charge in [-0.3, -0.25) is 0 Å². The molecule has 0 atom stereocenters. The molecular weight excluding hydrogens is 226 g/mol. The molecule has 17 heavy (non-hydrogen) atoms. The maximum absolute atomic E-state index is 10.5. The van der Waals surface area contributed by atoms with Crippen molar-refractivity contribution >= 4 is 17.1 Å². The number of rotatable bonds is 2. The van der Waals surface area contributed by atoms with Gasteiger partial charge in [0, 0.05) is 10.9 Å². The van der Waals surface area contributed by atoms with Crippen molar-refractivity contribution in [3.05, 3.63) is 24.0 Å². The average Bonchev–Trinajstić information content (AvgIpc) is 2.91. The maximum Gasteiger partial charge on any atom is 0.404 e. The van der Waals surface area contributed by atoms with E-state index in [0.29, 0.717) is 17.1 Å². The molecule has 0 saturated heterocycles. The lowest BCUT2D eigenvalue weighted by atomic mass is 10.1. The predicted molar refractivity (Wildman–Crippen MR) is 56.7 cm³/mol. The molecule has 0 radical (unpaired) electrons. The van der Waals surface area contributed by atoms with E-state index in [1.54, 1.807) is 6.07 Å². The van der Waals surface area contributed by atoms with E-state index < -0.39 is 6.09 Å². The van der Waals surface area contributed by atoms with Gasteiger partial charge in [0.15, 0.2) is 11.3 Å². The molecule has 0 bridgehead atoms. The van der Waals surface area contributed by atoms with Crippen LogP contribution in [-0.4, -0.2) is 12.9 Å². The summed E-state index contributed by atoms with van der Waals surface area (Å²) in [6.45, 7) is 0.254. The molecule has 88 valence electrons. The van der Waals surface area contributed by atoms with Crippen molar-refractivity contribution in [1.82, 2.24) is 0 Å². The Morgan fingerprint density at radius 2 is 2.29 bits per heavy atom. The molecule has 2 heterocycles. The third-order valence-corrected chi connectivity index (χ3v) is 2.53. The van der Waals surface area contributed by atoms with Crippen molar-refractivity contribution in [2.45, 2.75) is 6.61 Å². The molecule has 0 unspecified atom stereocenters. The molecule has 0 spiro atoms. The highest BCUT2D eigenvalue weighted by molar-refractivity contribution is 5.89. The van der Waals surface area contributed by atoms with Gasteiger partial charge in [0.2, 0.25) is 12.5 Å². The van der Waals surface area contributed by atoms with Crippen LogP contribution in [0.2, 0.25) is 0 Å². The summed E-state index contributed by atoms with van der Waals surface area (Å²) in [7, 11) is 0. The molecule has 6 heteroatoms. The highest BCUT2D eigenvalue weighted by atomic mass is 16.7. The van der Waals surface area contributed by atoms with Gasteiger partial charge in [0.25, 0.3) is 0 Å². The molecule has 3 rings (SSSR count). The Morgan fingerprint density at radius 1 is 1.41 bits per heavy atom. The van der Waals surface area contributed by atoms with Crippen LogP contribution in [0.1, 0.15) is 5.56 Å². The SMILES string of the molecule is NC(=O)OCc1coc2c3c(ccc12)OCO3.